The largest absolute Gasteiger partial charge is 0.491 e. The highest BCUT2D eigenvalue weighted by Gasteiger charge is 2.23. The number of fused-ring (bicyclic) bond motifs is 1. The Balaban J connectivity index is 1.28. The molecule has 1 aliphatic heterocycles. The van der Waals surface area contributed by atoms with Crippen LogP contribution >= 0.6 is 0 Å². The second-order valence-electron chi connectivity index (χ2n) is 10.0. The van der Waals surface area contributed by atoms with Gasteiger partial charge in [-0.3, -0.25) is 4.98 Å². The van der Waals surface area contributed by atoms with E-state index in [1.165, 1.54) is 0 Å². The van der Waals surface area contributed by atoms with Crippen LogP contribution in [0.5, 0.6) is 5.75 Å². The fourth-order valence-electron chi connectivity index (χ4n) is 4.66. The van der Waals surface area contributed by atoms with Crippen LogP contribution in [0.3, 0.4) is 0 Å². The molecule has 4 aromatic rings. The molecule has 2 aromatic carbocycles. The second kappa shape index (κ2) is 12.9. The molecule has 10 heteroatoms. The number of benzene rings is 2. The van der Waals surface area contributed by atoms with E-state index in [1.54, 1.807) is 19.3 Å². The normalized spacial score (nSPS) is 16.8. The van der Waals surface area contributed by atoms with Gasteiger partial charge in [-0.15, -0.1) is 0 Å². The quantitative estimate of drug-likeness (QED) is 0.274. The van der Waals surface area contributed by atoms with E-state index in [1.807, 2.05) is 60.1 Å². The molecule has 40 heavy (non-hydrogen) atoms. The summed E-state index contributed by atoms with van der Waals surface area (Å²) in [5, 5.41) is 18.6. The van der Waals surface area contributed by atoms with E-state index in [4.69, 9.17) is 19.3 Å². The highest BCUT2D eigenvalue weighted by molar-refractivity contribution is 5.93. The Hall–Kier alpha value is -4.02. The Morgan fingerprint density at radius 3 is 2.80 bits per heavy atom. The van der Waals surface area contributed by atoms with E-state index in [2.05, 4.69) is 15.3 Å². The van der Waals surface area contributed by atoms with E-state index in [9.17, 15) is 9.90 Å². The summed E-state index contributed by atoms with van der Waals surface area (Å²) in [4.78, 5) is 20.9. The number of ether oxygens (including phenoxy) is 3. The van der Waals surface area contributed by atoms with Crippen LogP contribution in [-0.4, -0.2) is 50.2 Å². The molecule has 0 saturated carbocycles. The van der Waals surface area contributed by atoms with Crippen molar-refractivity contribution >= 4 is 17.0 Å². The van der Waals surface area contributed by atoms with Crippen molar-refractivity contribution in [2.24, 2.45) is 0 Å². The van der Waals surface area contributed by atoms with Crippen LogP contribution in [-0.2, 0) is 16.1 Å². The molecule has 2 aromatic heterocycles. The average molecular weight is 546 g/mol. The summed E-state index contributed by atoms with van der Waals surface area (Å²) in [5.74, 6) is 0.677. The highest BCUT2D eigenvalue weighted by atomic mass is 16.5. The molecular weight excluding hydrogens is 510 g/mol. The van der Waals surface area contributed by atoms with Crippen LogP contribution in [0.1, 0.15) is 63.1 Å². The van der Waals surface area contributed by atoms with E-state index in [0.29, 0.717) is 42.4 Å². The molecular formula is C30H35N5O5. The molecule has 3 atom stereocenters. The maximum Gasteiger partial charge on any atom is 0.407 e. The zero-order chi connectivity index (χ0) is 27.9. The molecule has 10 nitrogen and oxygen atoms in total. The number of aliphatic hydroxyl groups is 1. The van der Waals surface area contributed by atoms with Crippen molar-refractivity contribution in [3.05, 3.63) is 72.2 Å². The molecule has 3 unspecified atom stereocenters. The number of nitrogens with one attached hydrogen (secondary N) is 1. The molecule has 1 amide bonds. The van der Waals surface area contributed by atoms with Gasteiger partial charge in [-0.1, -0.05) is 30.3 Å². The van der Waals surface area contributed by atoms with Crippen molar-refractivity contribution < 1.29 is 24.1 Å². The Morgan fingerprint density at radius 2 is 2.02 bits per heavy atom. The minimum atomic E-state index is -0.744. The average Bonchev–Trinajstić information content (AvgIpc) is 3.36. The SMILES string of the molecule is CC(CCNC(=O)OCc1ccccc1)Oc1ccc2c(c1)c(-c1cncc(C(C)O)n1)nn2C1CCCCO1. The van der Waals surface area contributed by atoms with E-state index in [-0.39, 0.29) is 18.9 Å². The predicted octanol–water partition coefficient (Wildman–Crippen LogP) is 5.33. The van der Waals surface area contributed by atoms with Crippen molar-refractivity contribution in [3.63, 3.8) is 0 Å². The first-order chi connectivity index (χ1) is 19.5. The summed E-state index contributed by atoms with van der Waals surface area (Å²) in [6.07, 6.45) is 5.28. The van der Waals surface area contributed by atoms with Crippen molar-refractivity contribution in [1.29, 1.82) is 0 Å². The molecule has 0 aliphatic carbocycles. The van der Waals surface area contributed by atoms with Crippen molar-refractivity contribution in [2.45, 2.75) is 64.6 Å². The molecule has 1 fully saturated rings. The first-order valence-corrected chi connectivity index (χ1v) is 13.7. The van der Waals surface area contributed by atoms with Gasteiger partial charge < -0.3 is 24.6 Å². The summed E-state index contributed by atoms with van der Waals surface area (Å²) in [6.45, 7) is 4.96. The van der Waals surface area contributed by atoms with Gasteiger partial charge in [0, 0.05) is 25.0 Å². The van der Waals surface area contributed by atoms with Gasteiger partial charge in [0.25, 0.3) is 0 Å². The van der Waals surface area contributed by atoms with E-state index in [0.717, 1.165) is 35.7 Å². The van der Waals surface area contributed by atoms with Crippen molar-refractivity contribution in [1.82, 2.24) is 25.1 Å². The molecule has 1 aliphatic rings. The maximum absolute atomic E-state index is 12.1. The Labute approximate surface area is 233 Å². The predicted molar refractivity (Wildman–Crippen MR) is 150 cm³/mol. The van der Waals surface area contributed by atoms with Crippen molar-refractivity contribution in [3.8, 4) is 17.1 Å². The Kier molecular flexibility index (Phi) is 8.87. The number of aliphatic hydroxyl groups excluding tert-OH is 1. The van der Waals surface area contributed by atoms with Crippen LogP contribution in [0.2, 0.25) is 0 Å². The van der Waals surface area contributed by atoms with Crippen molar-refractivity contribution in [2.75, 3.05) is 13.2 Å². The number of alkyl carbamates (subject to hydrolysis) is 1. The van der Waals surface area contributed by atoms with E-state index >= 15 is 0 Å². The number of amides is 1. The summed E-state index contributed by atoms with van der Waals surface area (Å²) in [7, 11) is 0. The molecule has 0 radical (unpaired) electrons. The number of carbonyl (C=O) groups is 1. The Bertz CT molecular complexity index is 1420. The molecule has 1 saturated heterocycles. The standard InChI is InChI=1S/C30H35N5O5/c1-20(13-14-32-30(37)39-19-22-8-4-3-5-9-22)40-23-11-12-27-24(16-23)29(26-18-31-17-25(33-26)21(2)36)34-35(27)28-10-6-7-15-38-28/h3-5,8-9,11-12,16-18,20-21,28,36H,6-7,10,13-15,19H2,1-2H3,(H,32,37). The van der Waals surface area contributed by atoms with E-state index < -0.39 is 12.2 Å². The lowest BCUT2D eigenvalue weighted by atomic mass is 10.1. The molecule has 210 valence electrons. The summed E-state index contributed by atoms with van der Waals surface area (Å²) < 4.78 is 19.4. The minimum absolute atomic E-state index is 0.156. The first-order valence-electron chi connectivity index (χ1n) is 13.7. The first kappa shape index (κ1) is 27.5. The molecule has 2 N–H and O–H groups in total. The fraction of sp³-hybridized carbons (Fsp3) is 0.400. The monoisotopic (exact) mass is 545 g/mol. The Morgan fingerprint density at radius 1 is 1.18 bits per heavy atom. The van der Waals surface area contributed by atoms with Crippen LogP contribution in [0.15, 0.2) is 60.9 Å². The van der Waals surface area contributed by atoms with Gasteiger partial charge in [0.05, 0.1) is 35.8 Å². The van der Waals surface area contributed by atoms with Crippen LogP contribution in [0.4, 0.5) is 4.79 Å². The number of carbonyl (C=O) groups excluding carboxylic acids is 1. The van der Waals surface area contributed by atoms with Gasteiger partial charge in [-0.25, -0.2) is 14.5 Å². The summed E-state index contributed by atoms with van der Waals surface area (Å²) in [6, 6.07) is 15.4. The van der Waals surface area contributed by atoms with Gasteiger partial charge in [0.2, 0.25) is 0 Å². The third-order valence-electron chi connectivity index (χ3n) is 6.80. The fourth-order valence-corrected chi connectivity index (χ4v) is 4.66. The number of aromatic nitrogens is 4. The molecule has 0 bridgehead atoms. The zero-order valence-electron chi connectivity index (χ0n) is 22.8. The van der Waals surface area contributed by atoms with Gasteiger partial charge in [-0.2, -0.15) is 5.10 Å². The third kappa shape index (κ3) is 6.75. The van der Waals surface area contributed by atoms with Crippen LogP contribution < -0.4 is 10.1 Å². The number of hydrogen-bond acceptors (Lipinski definition) is 8. The highest BCUT2D eigenvalue weighted by Crippen LogP contribution is 2.34. The maximum atomic E-state index is 12.1. The molecule has 5 rings (SSSR count). The zero-order valence-corrected chi connectivity index (χ0v) is 22.8. The number of rotatable bonds is 10. The summed E-state index contributed by atoms with van der Waals surface area (Å²) in [5.41, 5.74) is 3.55. The smallest absolute Gasteiger partial charge is 0.407 e. The molecule has 0 spiro atoms. The lowest BCUT2D eigenvalue weighted by Crippen LogP contribution is -2.28. The van der Waals surface area contributed by atoms with Gasteiger partial charge in [0.1, 0.15) is 23.7 Å². The van der Waals surface area contributed by atoms with Crippen LogP contribution in [0.25, 0.3) is 22.3 Å². The topological polar surface area (TPSA) is 121 Å². The molecule has 3 heterocycles. The lowest BCUT2D eigenvalue weighted by molar-refractivity contribution is -0.0365. The van der Waals surface area contributed by atoms with Gasteiger partial charge in [-0.05, 0) is 56.9 Å². The minimum Gasteiger partial charge on any atom is -0.491 e. The summed E-state index contributed by atoms with van der Waals surface area (Å²) >= 11 is 0. The number of nitrogens with zero attached hydrogens (tertiary/aromatic N) is 4. The number of hydrogen-bond donors (Lipinski definition) is 2. The van der Waals surface area contributed by atoms with Crippen LogP contribution in [0, 0.1) is 0 Å². The van der Waals surface area contributed by atoms with Gasteiger partial charge >= 0.3 is 6.09 Å². The third-order valence-corrected chi connectivity index (χ3v) is 6.80. The lowest BCUT2D eigenvalue weighted by Gasteiger charge is -2.23. The second-order valence-corrected chi connectivity index (χ2v) is 10.0. The van der Waals surface area contributed by atoms with Gasteiger partial charge in [0.15, 0.2) is 6.23 Å².